The van der Waals surface area contributed by atoms with Crippen molar-refractivity contribution in [2.24, 2.45) is 0 Å². The fourth-order valence-electron chi connectivity index (χ4n) is 1.84. The third kappa shape index (κ3) is 3.88. The zero-order chi connectivity index (χ0) is 15.9. The molecule has 0 unspecified atom stereocenters. The number of ether oxygens (including phenoxy) is 3. The minimum atomic E-state index is -0.365. The van der Waals surface area contributed by atoms with Gasteiger partial charge in [-0.3, -0.25) is 4.79 Å². The van der Waals surface area contributed by atoms with Crippen molar-refractivity contribution in [2.45, 2.75) is 0 Å². The van der Waals surface area contributed by atoms with E-state index in [9.17, 15) is 9.18 Å². The molecule has 2 aromatic carbocycles. The summed E-state index contributed by atoms with van der Waals surface area (Å²) in [6.07, 6.45) is 0. The second-order valence-corrected chi connectivity index (χ2v) is 4.34. The SMILES string of the molecule is COc1cccc(OCC(=O)Nc2ccc(F)cc2)c1OC. The number of anilines is 1. The molecule has 0 aliphatic carbocycles. The number of carbonyl (C=O) groups is 1. The Morgan fingerprint density at radius 1 is 1.05 bits per heavy atom. The van der Waals surface area contributed by atoms with Gasteiger partial charge in [0.2, 0.25) is 5.75 Å². The van der Waals surface area contributed by atoms with Gasteiger partial charge in [0, 0.05) is 5.69 Å². The van der Waals surface area contributed by atoms with E-state index in [1.165, 1.54) is 38.5 Å². The molecule has 6 heteroatoms. The molecular weight excluding hydrogens is 289 g/mol. The molecule has 1 amide bonds. The van der Waals surface area contributed by atoms with E-state index in [2.05, 4.69) is 5.32 Å². The first-order valence-electron chi connectivity index (χ1n) is 6.53. The van der Waals surface area contributed by atoms with Crippen molar-refractivity contribution in [3.05, 3.63) is 48.3 Å². The Morgan fingerprint density at radius 2 is 1.73 bits per heavy atom. The van der Waals surface area contributed by atoms with Crippen LogP contribution in [-0.2, 0) is 4.79 Å². The lowest BCUT2D eigenvalue weighted by atomic mass is 10.3. The maximum Gasteiger partial charge on any atom is 0.262 e. The highest BCUT2D eigenvalue weighted by Gasteiger charge is 2.12. The van der Waals surface area contributed by atoms with Crippen molar-refractivity contribution in [3.63, 3.8) is 0 Å². The summed E-state index contributed by atoms with van der Waals surface area (Å²) in [5.74, 6) is 0.599. The molecule has 22 heavy (non-hydrogen) atoms. The van der Waals surface area contributed by atoms with Gasteiger partial charge in [-0.25, -0.2) is 4.39 Å². The first-order valence-corrected chi connectivity index (χ1v) is 6.53. The lowest BCUT2D eigenvalue weighted by molar-refractivity contribution is -0.118. The molecule has 116 valence electrons. The largest absolute Gasteiger partial charge is 0.493 e. The smallest absolute Gasteiger partial charge is 0.262 e. The summed E-state index contributed by atoms with van der Waals surface area (Å²) in [5, 5.41) is 2.60. The van der Waals surface area contributed by atoms with Crippen molar-refractivity contribution >= 4 is 11.6 Å². The molecule has 0 radical (unpaired) electrons. The number of hydrogen-bond donors (Lipinski definition) is 1. The third-order valence-corrected chi connectivity index (χ3v) is 2.85. The average Bonchev–Trinajstić information content (AvgIpc) is 2.54. The predicted molar refractivity (Wildman–Crippen MR) is 80.1 cm³/mol. The first-order chi connectivity index (χ1) is 10.6. The van der Waals surface area contributed by atoms with Crippen LogP contribution in [0.25, 0.3) is 0 Å². The highest BCUT2D eigenvalue weighted by molar-refractivity contribution is 5.91. The monoisotopic (exact) mass is 305 g/mol. The molecule has 0 atom stereocenters. The van der Waals surface area contributed by atoms with Gasteiger partial charge in [0.05, 0.1) is 14.2 Å². The molecule has 2 rings (SSSR count). The molecule has 1 N–H and O–H groups in total. The average molecular weight is 305 g/mol. The zero-order valence-electron chi connectivity index (χ0n) is 12.3. The minimum Gasteiger partial charge on any atom is -0.493 e. The molecular formula is C16H16FNO4. The summed E-state index contributed by atoms with van der Waals surface area (Å²) in [6.45, 7) is -0.207. The summed E-state index contributed by atoms with van der Waals surface area (Å²) < 4.78 is 28.6. The van der Waals surface area contributed by atoms with Crippen LogP contribution in [0.5, 0.6) is 17.2 Å². The molecule has 0 aromatic heterocycles. The van der Waals surface area contributed by atoms with E-state index < -0.39 is 0 Å². The number of carbonyl (C=O) groups excluding carboxylic acids is 1. The number of rotatable bonds is 6. The van der Waals surface area contributed by atoms with Gasteiger partial charge in [0.25, 0.3) is 5.91 Å². The first kappa shape index (κ1) is 15.6. The molecule has 0 saturated heterocycles. The van der Waals surface area contributed by atoms with Crippen LogP contribution >= 0.6 is 0 Å². The molecule has 5 nitrogen and oxygen atoms in total. The summed E-state index contributed by atoms with van der Waals surface area (Å²) in [4.78, 5) is 11.8. The normalized spacial score (nSPS) is 9.95. The van der Waals surface area contributed by atoms with Crippen LogP contribution in [0.15, 0.2) is 42.5 Å². The highest BCUT2D eigenvalue weighted by atomic mass is 19.1. The van der Waals surface area contributed by atoms with E-state index >= 15 is 0 Å². The summed E-state index contributed by atoms with van der Waals surface area (Å²) in [7, 11) is 3.01. The van der Waals surface area contributed by atoms with Gasteiger partial charge >= 0.3 is 0 Å². The Kier molecular flexibility index (Phi) is 5.19. The van der Waals surface area contributed by atoms with E-state index in [0.29, 0.717) is 22.9 Å². The van der Waals surface area contributed by atoms with E-state index in [1.54, 1.807) is 18.2 Å². The third-order valence-electron chi connectivity index (χ3n) is 2.85. The van der Waals surface area contributed by atoms with Crippen LogP contribution in [-0.4, -0.2) is 26.7 Å². The Labute approximate surface area is 127 Å². The van der Waals surface area contributed by atoms with Crippen molar-refractivity contribution in [3.8, 4) is 17.2 Å². The van der Waals surface area contributed by atoms with Crippen molar-refractivity contribution in [2.75, 3.05) is 26.1 Å². The number of hydrogen-bond acceptors (Lipinski definition) is 4. The van der Waals surface area contributed by atoms with E-state index in [0.717, 1.165) is 0 Å². The maximum atomic E-state index is 12.8. The Morgan fingerprint density at radius 3 is 2.36 bits per heavy atom. The van der Waals surface area contributed by atoms with Crippen molar-refractivity contribution in [1.29, 1.82) is 0 Å². The topological polar surface area (TPSA) is 56.8 Å². The van der Waals surface area contributed by atoms with Gasteiger partial charge in [0.1, 0.15) is 5.82 Å². The van der Waals surface area contributed by atoms with Crippen LogP contribution in [0, 0.1) is 5.82 Å². The maximum absolute atomic E-state index is 12.8. The second-order valence-electron chi connectivity index (χ2n) is 4.34. The van der Waals surface area contributed by atoms with Crippen LogP contribution in [0.1, 0.15) is 0 Å². The highest BCUT2D eigenvalue weighted by Crippen LogP contribution is 2.36. The van der Waals surface area contributed by atoms with Crippen molar-refractivity contribution < 1.29 is 23.4 Å². The minimum absolute atomic E-state index is 0.207. The zero-order valence-corrected chi connectivity index (χ0v) is 12.3. The van der Waals surface area contributed by atoms with Gasteiger partial charge in [-0.2, -0.15) is 0 Å². The van der Waals surface area contributed by atoms with Gasteiger partial charge in [-0.1, -0.05) is 6.07 Å². The number of amides is 1. The summed E-state index contributed by atoms with van der Waals surface area (Å²) >= 11 is 0. The Balaban J connectivity index is 1.98. The Hall–Kier alpha value is -2.76. The van der Waals surface area contributed by atoms with Gasteiger partial charge in [0.15, 0.2) is 18.1 Å². The number of para-hydroxylation sites is 1. The predicted octanol–water partition coefficient (Wildman–Crippen LogP) is 2.86. The molecule has 0 aliphatic heterocycles. The lowest BCUT2D eigenvalue weighted by Crippen LogP contribution is -2.20. The van der Waals surface area contributed by atoms with Gasteiger partial charge < -0.3 is 19.5 Å². The van der Waals surface area contributed by atoms with Crippen LogP contribution < -0.4 is 19.5 Å². The van der Waals surface area contributed by atoms with Crippen LogP contribution in [0.2, 0.25) is 0 Å². The van der Waals surface area contributed by atoms with E-state index in [4.69, 9.17) is 14.2 Å². The van der Waals surface area contributed by atoms with Gasteiger partial charge in [-0.15, -0.1) is 0 Å². The van der Waals surface area contributed by atoms with Gasteiger partial charge in [-0.05, 0) is 36.4 Å². The molecule has 0 saturated carbocycles. The second kappa shape index (κ2) is 7.31. The fourth-order valence-corrected chi connectivity index (χ4v) is 1.84. The Bertz CT molecular complexity index is 643. The van der Waals surface area contributed by atoms with Crippen LogP contribution in [0.3, 0.4) is 0 Å². The van der Waals surface area contributed by atoms with Crippen LogP contribution in [0.4, 0.5) is 10.1 Å². The number of halogens is 1. The van der Waals surface area contributed by atoms with Crippen molar-refractivity contribution in [1.82, 2.24) is 0 Å². The quantitative estimate of drug-likeness (QED) is 0.891. The van der Waals surface area contributed by atoms with E-state index in [-0.39, 0.29) is 18.3 Å². The number of methoxy groups -OCH3 is 2. The number of nitrogens with one attached hydrogen (secondary N) is 1. The lowest BCUT2D eigenvalue weighted by Gasteiger charge is -2.13. The summed E-state index contributed by atoms with van der Waals surface area (Å²) in [5.41, 5.74) is 0.493. The molecule has 0 fully saturated rings. The molecule has 0 aliphatic rings. The molecule has 2 aromatic rings. The molecule has 0 bridgehead atoms. The van der Waals surface area contributed by atoms with E-state index in [1.807, 2.05) is 0 Å². The summed E-state index contributed by atoms with van der Waals surface area (Å²) in [6, 6.07) is 10.6. The molecule has 0 spiro atoms. The standard InChI is InChI=1S/C16H16FNO4/c1-20-13-4-3-5-14(16(13)21-2)22-10-15(19)18-12-8-6-11(17)7-9-12/h3-9H,10H2,1-2H3,(H,18,19). The number of benzene rings is 2. The fraction of sp³-hybridized carbons (Fsp3) is 0.188. The molecule has 0 heterocycles.